The Morgan fingerprint density at radius 2 is 2.21 bits per heavy atom. The third-order valence-corrected chi connectivity index (χ3v) is 3.57. The average molecular weight is 265 g/mol. The highest BCUT2D eigenvalue weighted by Gasteiger charge is 2.29. The molecule has 0 bridgehead atoms. The number of fused-ring (bicyclic) bond motifs is 1. The molecule has 1 atom stereocenters. The maximum atomic E-state index is 13.2. The van der Waals surface area contributed by atoms with Gasteiger partial charge in [0.1, 0.15) is 17.7 Å². The van der Waals surface area contributed by atoms with Gasteiger partial charge in [0.15, 0.2) is 0 Å². The van der Waals surface area contributed by atoms with Crippen molar-refractivity contribution in [2.24, 2.45) is 5.41 Å². The minimum absolute atomic E-state index is 0.174. The predicted octanol–water partition coefficient (Wildman–Crippen LogP) is 3.55. The summed E-state index contributed by atoms with van der Waals surface area (Å²) in [5.41, 5.74) is 1.20. The quantitative estimate of drug-likeness (QED) is 0.794. The molecule has 0 saturated heterocycles. The molecular formula is C16H24FNO. The molecule has 2 nitrogen and oxygen atoms in total. The zero-order chi connectivity index (χ0) is 13.9. The van der Waals surface area contributed by atoms with Gasteiger partial charge in [-0.05, 0) is 43.0 Å². The average Bonchev–Trinajstić information content (AvgIpc) is 2.69. The van der Waals surface area contributed by atoms with Crippen LogP contribution in [-0.2, 0) is 6.42 Å². The summed E-state index contributed by atoms with van der Waals surface area (Å²) in [7, 11) is 0. The molecule has 1 heterocycles. The SMILES string of the molecule is CCCNCC(C)(C)CC1Cc2cc(F)ccc2O1. The fourth-order valence-corrected chi connectivity index (χ4v) is 2.69. The van der Waals surface area contributed by atoms with E-state index in [0.717, 1.165) is 43.7 Å². The molecule has 0 radical (unpaired) electrons. The summed E-state index contributed by atoms with van der Waals surface area (Å²) >= 11 is 0. The van der Waals surface area contributed by atoms with E-state index in [-0.39, 0.29) is 17.3 Å². The first kappa shape index (κ1) is 14.3. The largest absolute Gasteiger partial charge is 0.490 e. The highest BCUT2D eigenvalue weighted by atomic mass is 19.1. The molecule has 0 aliphatic carbocycles. The normalized spacial score (nSPS) is 18.2. The molecule has 0 amide bonds. The van der Waals surface area contributed by atoms with Crippen LogP contribution >= 0.6 is 0 Å². The first-order valence-electron chi connectivity index (χ1n) is 7.16. The Morgan fingerprint density at radius 1 is 1.42 bits per heavy atom. The number of hydrogen-bond acceptors (Lipinski definition) is 2. The zero-order valence-electron chi connectivity index (χ0n) is 12.1. The fourth-order valence-electron chi connectivity index (χ4n) is 2.69. The number of halogens is 1. The van der Waals surface area contributed by atoms with E-state index >= 15 is 0 Å². The van der Waals surface area contributed by atoms with Gasteiger partial charge in [0, 0.05) is 18.5 Å². The summed E-state index contributed by atoms with van der Waals surface area (Å²) in [4.78, 5) is 0. The van der Waals surface area contributed by atoms with Crippen molar-refractivity contribution in [3.8, 4) is 5.75 Å². The third kappa shape index (κ3) is 3.93. The smallest absolute Gasteiger partial charge is 0.123 e. The molecule has 1 N–H and O–H groups in total. The van der Waals surface area contributed by atoms with Gasteiger partial charge in [0.05, 0.1) is 0 Å². The molecule has 2 rings (SSSR count). The van der Waals surface area contributed by atoms with Gasteiger partial charge in [0.25, 0.3) is 0 Å². The molecule has 0 fully saturated rings. The summed E-state index contributed by atoms with van der Waals surface area (Å²) in [6.45, 7) is 8.72. The lowest BCUT2D eigenvalue weighted by molar-refractivity contribution is 0.155. The first-order chi connectivity index (χ1) is 9.00. The lowest BCUT2D eigenvalue weighted by Crippen LogP contribution is -2.34. The van der Waals surface area contributed by atoms with Crippen LogP contribution < -0.4 is 10.1 Å². The van der Waals surface area contributed by atoms with E-state index < -0.39 is 0 Å². The van der Waals surface area contributed by atoms with Crippen LogP contribution in [0.2, 0.25) is 0 Å². The third-order valence-electron chi connectivity index (χ3n) is 3.57. The molecule has 3 heteroatoms. The summed E-state index contributed by atoms with van der Waals surface area (Å²) < 4.78 is 19.1. The molecule has 1 aliphatic rings. The van der Waals surface area contributed by atoms with Crippen molar-refractivity contribution in [3.63, 3.8) is 0 Å². The van der Waals surface area contributed by atoms with Gasteiger partial charge in [-0.3, -0.25) is 0 Å². The number of rotatable bonds is 6. The van der Waals surface area contributed by atoms with Crippen LogP contribution in [0.3, 0.4) is 0 Å². The van der Waals surface area contributed by atoms with Crippen LogP contribution in [0.1, 0.15) is 39.2 Å². The Balaban J connectivity index is 1.88. The molecule has 1 unspecified atom stereocenters. The summed E-state index contributed by atoms with van der Waals surface area (Å²) in [5.74, 6) is 0.676. The minimum atomic E-state index is -0.174. The Labute approximate surface area is 115 Å². The van der Waals surface area contributed by atoms with E-state index in [1.54, 1.807) is 12.1 Å². The van der Waals surface area contributed by atoms with E-state index in [4.69, 9.17) is 4.74 Å². The van der Waals surface area contributed by atoms with Crippen molar-refractivity contribution in [2.45, 2.75) is 46.1 Å². The molecular weight excluding hydrogens is 241 g/mol. The molecule has 0 spiro atoms. The maximum absolute atomic E-state index is 13.2. The maximum Gasteiger partial charge on any atom is 0.123 e. The monoisotopic (exact) mass is 265 g/mol. The molecule has 0 saturated carbocycles. The Morgan fingerprint density at radius 3 is 2.95 bits per heavy atom. The van der Waals surface area contributed by atoms with Gasteiger partial charge in [0.2, 0.25) is 0 Å². The lowest BCUT2D eigenvalue weighted by Gasteiger charge is -2.28. The Kier molecular flexibility index (Phi) is 4.46. The topological polar surface area (TPSA) is 21.3 Å². The molecule has 1 aromatic carbocycles. The highest BCUT2D eigenvalue weighted by Crippen LogP contribution is 2.34. The van der Waals surface area contributed by atoms with E-state index in [9.17, 15) is 4.39 Å². The van der Waals surface area contributed by atoms with Gasteiger partial charge in [-0.15, -0.1) is 0 Å². The lowest BCUT2D eigenvalue weighted by atomic mass is 9.85. The Hall–Kier alpha value is -1.09. The molecule has 1 aliphatic heterocycles. The number of benzene rings is 1. The van der Waals surface area contributed by atoms with Gasteiger partial charge in [-0.25, -0.2) is 4.39 Å². The number of hydrogen-bond donors (Lipinski definition) is 1. The van der Waals surface area contributed by atoms with E-state index in [1.807, 2.05) is 0 Å². The summed E-state index contributed by atoms with van der Waals surface area (Å²) in [6, 6.07) is 4.81. The predicted molar refractivity (Wildman–Crippen MR) is 76.1 cm³/mol. The van der Waals surface area contributed by atoms with Crippen molar-refractivity contribution < 1.29 is 9.13 Å². The van der Waals surface area contributed by atoms with Crippen molar-refractivity contribution in [1.29, 1.82) is 0 Å². The van der Waals surface area contributed by atoms with E-state index in [2.05, 4.69) is 26.1 Å². The second kappa shape index (κ2) is 5.91. The van der Waals surface area contributed by atoms with Gasteiger partial charge in [-0.1, -0.05) is 20.8 Å². The highest BCUT2D eigenvalue weighted by molar-refractivity contribution is 5.37. The second-order valence-electron chi connectivity index (χ2n) is 6.24. The molecule has 1 aromatic rings. The van der Waals surface area contributed by atoms with Crippen molar-refractivity contribution >= 4 is 0 Å². The first-order valence-corrected chi connectivity index (χ1v) is 7.16. The fraction of sp³-hybridized carbons (Fsp3) is 0.625. The molecule has 0 aromatic heterocycles. The zero-order valence-corrected chi connectivity index (χ0v) is 12.1. The minimum Gasteiger partial charge on any atom is -0.490 e. The van der Waals surface area contributed by atoms with Gasteiger partial charge in [-0.2, -0.15) is 0 Å². The van der Waals surface area contributed by atoms with Crippen molar-refractivity contribution in [1.82, 2.24) is 5.32 Å². The van der Waals surface area contributed by atoms with Crippen LogP contribution in [0.25, 0.3) is 0 Å². The second-order valence-corrected chi connectivity index (χ2v) is 6.24. The molecule has 19 heavy (non-hydrogen) atoms. The Bertz CT molecular complexity index is 431. The number of ether oxygens (including phenoxy) is 1. The number of nitrogens with one attached hydrogen (secondary N) is 1. The molecule has 106 valence electrons. The standard InChI is InChI=1S/C16H24FNO/c1-4-7-18-11-16(2,3)10-14-9-12-8-13(17)5-6-15(12)19-14/h5-6,8,14,18H,4,7,9-11H2,1-3H3. The van der Waals surface area contributed by atoms with Crippen molar-refractivity contribution in [3.05, 3.63) is 29.6 Å². The van der Waals surface area contributed by atoms with Crippen LogP contribution in [0, 0.1) is 11.2 Å². The van der Waals surface area contributed by atoms with E-state index in [1.165, 1.54) is 6.07 Å². The van der Waals surface area contributed by atoms with Crippen LogP contribution in [0.15, 0.2) is 18.2 Å². The van der Waals surface area contributed by atoms with E-state index in [0.29, 0.717) is 0 Å². The van der Waals surface area contributed by atoms with Gasteiger partial charge < -0.3 is 10.1 Å². The summed E-state index contributed by atoms with van der Waals surface area (Å²) in [5, 5.41) is 3.46. The van der Waals surface area contributed by atoms with Crippen LogP contribution in [-0.4, -0.2) is 19.2 Å². The van der Waals surface area contributed by atoms with Crippen molar-refractivity contribution in [2.75, 3.05) is 13.1 Å². The van der Waals surface area contributed by atoms with Crippen LogP contribution in [0.5, 0.6) is 5.75 Å². The van der Waals surface area contributed by atoms with Crippen LogP contribution in [0.4, 0.5) is 4.39 Å². The van der Waals surface area contributed by atoms with Gasteiger partial charge >= 0.3 is 0 Å². The summed E-state index contributed by atoms with van der Waals surface area (Å²) in [6.07, 6.45) is 3.14.